The minimum Gasteiger partial charge on any atom is -0.350 e. The normalized spacial score (nSPS) is 11.8. The van der Waals surface area contributed by atoms with Crippen LogP contribution in [0.25, 0.3) is 0 Å². The third kappa shape index (κ3) is 6.72. The van der Waals surface area contributed by atoms with Gasteiger partial charge in [0.2, 0.25) is 5.91 Å². The fraction of sp³-hybridized carbons (Fsp3) is 0.556. The van der Waals surface area contributed by atoms with Crippen LogP contribution in [0.1, 0.15) is 47.1 Å². The Morgan fingerprint density at radius 3 is 1.96 bits per heavy atom. The summed E-state index contributed by atoms with van der Waals surface area (Å²) < 4.78 is 0. The number of carbonyl (C=O) groups is 2. The zero-order chi connectivity index (χ0) is 17.8. The smallest absolute Gasteiger partial charge is 0.322 e. The van der Waals surface area contributed by atoms with Crippen LogP contribution in [0.2, 0.25) is 0 Å². The fourth-order valence-electron chi connectivity index (χ4n) is 2.02. The molecule has 0 heterocycles. The van der Waals surface area contributed by atoms with Gasteiger partial charge >= 0.3 is 6.03 Å². The second-order valence-corrected chi connectivity index (χ2v) is 7.91. The zero-order valence-electron chi connectivity index (χ0n) is 15.3. The first-order valence-electron chi connectivity index (χ1n) is 7.82. The van der Waals surface area contributed by atoms with Gasteiger partial charge < -0.3 is 15.5 Å². The number of anilines is 1. The second kappa shape index (κ2) is 7.02. The van der Waals surface area contributed by atoms with Gasteiger partial charge in [0.05, 0.1) is 0 Å². The highest BCUT2D eigenvalue weighted by Gasteiger charge is 2.18. The van der Waals surface area contributed by atoms with Crippen molar-refractivity contribution < 1.29 is 9.59 Å². The maximum absolute atomic E-state index is 12.1. The first-order chi connectivity index (χ1) is 10.4. The van der Waals surface area contributed by atoms with E-state index < -0.39 is 0 Å². The molecule has 0 aliphatic rings. The maximum atomic E-state index is 12.1. The minimum absolute atomic E-state index is 0.0170. The van der Waals surface area contributed by atoms with Crippen molar-refractivity contribution in [1.82, 2.24) is 10.2 Å². The highest BCUT2D eigenvalue weighted by molar-refractivity contribution is 5.92. The minimum atomic E-state index is -0.308. The first kappa shape index (κ1) is 19.0. The van der Waals surface area contributed by atoms with Crippen LogP contribution in [0.5, 0.6) is 0 Å². The predicted molar refractivity (Wildman–Crippen MR) is 94.7 cm³/mol. The van der Waals surface area contributed by atoms with E-state index >= 15 is 0 Å². The van der Waals surface area contributed by atoms with Gasteiger partial charge in [0, 0.05) is 18.3 Å². The summed E-state index contributed by atoms with van der Waals surface area (Å²) in [5.41, 5.74) is 1.68. The summed E-state index contributed by atoms with van der Waals surface area (Å²) in [6, 6.07) is 7.45. The largest absolute Gasteiger partial charge is 0.350 e. The number of rotatable bonds is 3. The summed E-state index contributed by atoms with van der Waals surface area (Å²) >= 11 is 0. The average Bonchev–Trinajstić information content (AvgIpc) is 2.35. The third-order valence-electron chi connectivity index (χ3n) is 3.24. The molecule has 1 aromatic rings. The number of hydrogen-bond acceptors (Lipinski definition) is 2. The van der Waals surface area contributed by atoms with Crippen LogP contribution in [-0.2, 0) is 10.2 Å². The molecule has 0 aromatic heterocycles. The zero-order valence-corrected chi connectivity index (χ0v) is 15.3. The fourth-order valence-corrected chi connectivity index (χ4v) is 2.02. The molecule has 5 heteroatoms. The van der Waals surface area contributed by atoms with Crippen molar-refractivity contribution in [3.05, 3.63) is 29.8 Å². The van der Waals surface area contributed by atoms with Crippen molar-refractivity contribution in [2.24, 2.45) is 0 Å². The van der Waals surface area contributed by atoms with Gasteiger partial charge in [-0.25, -0.2) is 4.79 Å². The summed E-state index contributed by atoms with van der Waals surface area (Å²) in [4.78, 5) is 25.3. The number of carbonyl (C=O) groups excluding carboxylic acids is 2. The van der Waals surface area contributed by atoms with Crippen molar-refractivity contribution in [2.45, 2.75) is 52.5 Å². The molecule has 0 saturated carbocycles. The molecule has 23 heavy (non-hydrogen) atoms. The Bertz CT molecular complexity index is 551. The summed E-state index contributed by atoms with van der Waals surface area (Å²) in [7, 11) is 1.60. The van der Waals surface area contributed by atoms with Crippen molar-refractivity contribution >= 4 is 17.6 Å². The van der Waals surface area contributed by atoms with Gasteiger partial charge in [-0.15, -0.1) is 0 Å². The van der Waals surface area contributed by atoms with Crippen LogP contribution < -0.4 is 10.6 Å². The summed E-state index contributed by atoms with van der Waals surface area (Å²) in [5, 5.41) is 5.63. The molecule has 0 saturated heterocycles. The van der Waals surface area contributed by atoms with E-state index in [1.54, 1.807) is 7.05 Å². The van der Waals surface area contributed by atoms with Gasteiger partial charge in [-0.3, -0.25) is 4.79 Å². The Kier molecular flexibility index (Phi) is 5.81. The van der Waals surface area contributed by atoms with E-state index in [2.05, 4.69) is 31.4 Å². The molecule has 0 radical (unpaired) electrons. The number of benzene rings is 1. The molecule has 5 nitrogen and oxygen atoms in total. The molecule has 0 spiro atoms. The van der Waals surface area contributed by atoms with Crippen LogP contribution in [0.4, 0.5) is 10.5 Å². The van der Waals surface area contributed by atoms with Crippen LogP contribution in [0.15, 0.2) is 24.3 Å². The van der Waals surface area contributed by atoms with Gasteiger partial charge in [-0.05, 0) is 43.9 Å². The summed E-state index contributed by atoms with van der Waals surface area (Å²) in [6.45, 7) is 12.2. The van der Waals surface area contributed by atoms with Crippen LogP contribution in [0, 0.1) is 0 Å². The number of nitrogens with zero attached hydrogens (tertiary/aromatic N) is 1. The Morgan fingerprint density at radius 2 is 1.52 bits per heavy atom. The SMILES string of the molecule is CN(CC(=O)NC(C)(C)C)C(=O)Nc1ccc(C(C)(C)C)cc1. The van der Waals surface area contributed by atoms with E-state index in [1.807, 2.05) is 45.0 Å². The Morgan fingerprint density at radius 1 is 1.00 bits per heavy atom. The first-order valence-corrected chi connectivity index (χ1v) is 7.82. The molecular weight excluding hydrogens is 290 g/mol. The molecule has 1 rings (SSSR count). The van der Waals surface area contributed by atoms with Gasteiger partial charge in [-0.2, -0.15) is 0 Å². The lowest BCUT2D eigenvalue weighted by molar-refractivity contribution is -0.122. The van der Waals surface area contributed by atoms with E-state index in [-0.39, 0.29) is 29.4 Å². The quantitative estimate of drug-likeness (QED) is 0.897. The molecule has 0 fully saturated rings. The monoisotopic (exact) mass is 319 g/mol. The number of likely N-dealkylation sites (N-methyl/N-ethyl adjacent to an activating group) is 1. The number of hydrogen-bond donors (Lipinski definition) is 2. The molecule has 0 bridgehead atoms. The van der Waals surface area contributed by atoms with Crippen molar-refractivity contribution in [3.8, 4) is 0 Å². The van der Waals surface area contributed by atoms with Gasteiger partial charge in [-0.1, -0.05) is 32.9 Å². The standard InChI is InChI=1S/C18H29N3O2/c1-17(2,3)13-8-10-14(11-9-13)19-16(23)21(7)12-15(22)20-18(4,5)6/h8-11H,12H2,1-7H3,(H,19,23)(H,20,22). The van der Waals surface area contributed by atoms with Gasteiger partial charge in [0.25, 0.3) is 0 Å². The summed E-state index contributed by atoms with van der Waals surface area (Å²) in [6.07, 6.45) is 0. The molecule has 3 amide bonds. The van der Waals surface area contributed by atoms with Crippen LogP contribution in [-0.4, -0.2) is 36.0 Å². The summed E-state index contributed by atoms with van der Waals surface area (Å²) in [5.74, 6) is -0.182. The Labute approximate surface area is 139 Å². The van der Waals surface area contributed by atoms with E-state index in [4.69, 9.17) is 0 Å². The van der Waals surface area contributed by atoms with Crippen LogP contribution >= 0.6 is 0 Å². The molecule has 2 N–H and O–H groups in total. The predicted octanol–water partition coefficient (Wildman–Crippen LogP) is 3.36. The molecule has 0 unspecified atom stereocenters. The Hall–Kier alpha value is -2.04. The van der Waals surface area contributed by atoms with E-state index in [0.717, 1.165) is 0 Å². The lowest BCUT2D eigenvalue weighted by Gasteiger charge is -2.24. The van der Waals surface area contributed by atoms with Crippen molar-refractivity contribution in [2.75, 3.05) is 18.9 Å². The van der Waals surface area contributed by atoms with Crippen molar-refractivity contribution in [3.63, 3.8) is 0 Å². The Balaban J connectivity index is 2.60. The maximum Gasteiger partial charge on any atom is 0.322 e. The number of nitrogens with one attached hydrogen (secondary N) is 2. The molecule has 0 atom stereocenters. The highest BCUT2D eigenvalue weighted by Crippen LogP contribution is 2.23. The van der Waals surface area contributed by atoms with E-state index in [9.17, 15) is 9.59 Å². The van der Waals surface area contributed by atoms with Crippen LogP contribution in [0.3, 0.4) is 0 Å². The molecular formula is C18H29N3O2. The molecule has 0 aliphatic carbocycles. The third-order valence-corrected chi connectivity index (χ3v) is 3.24. The number of amides is 3. The van der Waals surface area contributed by atoms with Gasteiger partial charge in [0.1, 0.15) is 6.54 Å². The van der Waals surface area contributed by atoms with Gasteiger partial charge in [0.15, 0.2) is 0 Å². The lowest BCUT2D eigenvalue weighted by Crippen LogP contribution is -2.47. The van der Waals surface area contributed by atoms with E-state index in [1.165, 1.54) is 10.5 Å². The van der Waals surface area contributed by atoms with E-state index in [0.29, 0.717) is 5.69 Å². The topological polar surface area (TPSA) is 61.4 Å². The molecule has 1 aromatic carbocycles. The molecule has 0 aliphatic heterocycles. The second-order valence-electron chi connectivity index (χ2n) is 7.91. The average molecular weight is 319 g/mol. The number of urea groups is 1. The highest BCUT2D eigenvalue weighted by atomic mass is 16.2. The lowest BCUT2D eigenvalue weighted by atomic mass is 9.87. The molecule has 128 valence electrons. The van der Waals surface area contributed by atoms with Crippen molar-refractivity contribution in [1.29, 1.82) is 0 Å².